The summed E-state index contributed by atoms with van der Waals surface area (Å²) in [5, 5.41) is 3.12. The lowest BCUT2D eigenvalue weighted by molar-refractivity contribution is 0.0958. The molecule has 3 rings (SSSR count). The molecule has 5 N–H and O–H groups in total. The Bertz CT molecular complexity index is 975. The highest BCUT2D eigenvalue weighted by atomic mass is 19.1. The molecule has 28 heavy (non-hydrogen) atoms. The largest absolute Gasteiger partial charge is 0.393 e. The Hall–Kier alpha value is -3.68. The van der Waals surface area contributed by atoms with Gasteiger partial charge in [0, 0.05) is 5.69 Å². The van der Waals surface area contributed by atoms with Crippen LogP contribution in [0.2, 0.25) is 0 Å². The first-order valence-corrected chi connectivity index (χ1v) is 8.74. The topological polar surface area (TPSA) is 105 Å². The molecule has 0 saturated carbocycles. The zero-order valence-corrected chi connectivity index (χ0v) is 15.5. The summed E-state index contributed by atoms with van der Waals surface area (Å²) in [6.45, 7) is 4.25. The maximum atomic E-state index is 13.7. The van der Waals surface area contributed by atoms with E-state index in [0.29, 0.717) is 11.7 Å². The monoisotopic (exact) mass is 380 g/mol. The lowest BCUT2D eigenvalue weighted by Crippen LogP contribution is -2.31. The van der Waals surface area contributed by atoms with Crippen LogP contribution in [0.1, 0.15) is 35.7 Å². The fourth-order valence-corrected chi connectivity index (χ4v) is 2.51. The molecule has 0 atom stereocenters. The van der Waals surface area contributed by atoms with E-state index in [1.54, 1.807) is 6.07 Å². The molecule has 0 radical (unpaired) electrons. The lowest BCUT2D eigenvalue weighted by Gasteiger charge is -2.14. The van der Waals surface area contributed by atoms with Gasteiger partial charge < -0.3 is 11.1 Å². The van der Waals surface area contributed by atoms with Crippen LogP contribution in [0.25, 0.3) is 0 Å². The number of amides is 1. The minimum absolute atomic E-state index is 0.0915. The van der Waals surface area contributed by atoms with E-state index < -0.39 is 11.7 Å². The average molecular weight is 380 g/mol. The van der Waals surface area contributed by atoms with E-state index in [0.717, 1.165) is 5.69 Å². The Morgan fingerprint density at radius 2 is 1.71 bits per heavy atom. The normalized spacial score (nSPS) is 10.6. The van der Waals surface area contributed by atoms with Gasteiger partial charge in [-0.15, -0.1) is 0 Å². The van der Waals surface area contributed by atoms with Gasteiger partial charge in [-0.25, -0.2) is 14.4 Å². The second kappa shape index (κ2) is 8.34. The first-order chi connectivity index (χ1) is 13.5. The fourth-order valence-electron chi connectivity index (χ4n) is 2.51. The number of halogens is 1. The number of rotatable bonds is 6. The zero-order chi connectivity index (χ0) is 20.1. The first-order valence-electron chi connectivity index (χ1n) is 8.74. The summed E-state index contributed by atoms with van der Waals surface area (Å²) in [7, 11) is 0. The van der Waals surface area contributed by atoms with E-state index in [-0.39, 0.29) is 17.1 Å². The van der Waals surface area contributed by atoms with Gasteiger partial charge in [0.1, 0.15) is 17.8 Å². The van der Waals surface area contributed by atoms with Crippen LogP contribution in [0.3, 0.4) is 0 Å². The van der Waals surface area contributed by atoms with Crippen molar-refractivity contribution in [3.05, 3.63) is 71.8 Å². The predicted molar refractivity (Wildman–Crippen MR) is 108 cm³/mol. The summed E-state index contributed by atoms with van der Waals surface area (Å²) in [6.07, 6.45) is 1.30. The quantitative estimate of drug-likeness (QED) is 0.485. The molecule has 0 fully saturated rings. The van der Waals surface area contributed by atoms with Gasteiger partial charge in [-0.3, -0.25) is 15.6 Å². The molecule has 3 aromatic rings. The van der Waals surface area contributed by atoms with Gasteiger partial charge in [0.2, 0.25) is 0 Å². The van der Waals surface area contributed by atoms with E-state index in [2.05, 4.69) is 40.0 Å². The summed E-state index contributed by atoms with van der Waals surface area (Å²) in [5.74, 6) is -0.248. The molecule has 2 aromatic carbocycles. The Labute approximate surface area is 162 Å². The van der Waals surface area contributed by atoms with Crippen molar-refractivity contribution in [2.45, 2.75) is 19.8 Å². The number of aromatic nitrogens is 2. The van der Waals surface area contributed by atoms with E-state index in [4.69, 9.17) is 5.73 Å². The summed E-state index contributed by atoms with van der Waals surface area (Å²) < 4.78 is 13.7. The number of hydrogen-bond acceptors (Lipinski definition) is 6. The molecule has 0 aliphatic rings. The van der Waals surface area contributed by atoms with Gasteiger partial charge in [0.15, 0.2) is 11.6 Å². The molecule has 0 unspecified atom stereocenters. The standard InChI is InChI=1S/C20H21FN6O/c1-12(2)13-7-9-14(10-8-13)25-18-17(22)19(24-11-23-18)26-27-20(28)15-5-3-4-6-16(15)21/h3-12H,22H2,1-2H3,(H,27,28)(H2,23,24,25,26). The van der Waals surface area contributed by atoms with Gasteiger partial charge >= 0.3 is 0 Å². The van der Waals surface area contributed by atoms with Crippen LogP contribution < -0.4 is 21.9 Å². The van der Waals surface area contributed by atoms with Crippen molar-refractivity contribution >= 4 is 28.9 Å². The van der Waals surface area contributed by atoms with Crippen LogP contribution in [0.5, 0.6) is 0 Å². The van der Waals surface area contributed by atoms with E-state index >= 15 is 0 Å². The third-order valence-corrected chi connectivity index (χ3v) is 4.14. The van der Waals surface area contributed by atoms with Crippen LogP contribution in [0.15, 0.2) is 54.9 Å². The van der Waals surface area contributed by atoms with Crippen LogP contribution >= 0.6 is 0 Å². The van der Waals surface area contributed by atoms with Gasteiger partial charge in [-0.1, -0.05) is 38.1 Å². The number of nitrogens with one attached hydrogen (secondary N) is 3. The molecule has 0 bridgehead atoms. The van der Waals surface area contributed by atoms with Crippen molar-refractivity contribution in [1.29, 1.82) is 0 Å². The molecule has 144 valence electrons. The fraction of sp³-hybridized carbons (Fsp3) is 0.150. The van der Waals surface area contributed by atoms with E-state index in [9.17, 15) is 9.18 Å². The zero-order valence-electron chi connectivity index (χ0n) is 15.5. The highest BCUT2D eigenvalue weighted by molar-refractivity contribution is 5.95. The number of nitrogens with zero attached hydrogens (tertiary/aromatic N) is 2. The molecule has 0 aliphatic heterocycles. The van der Waals surface area contributed by atoms with Crippen molar-refractivity contribution in [1.82, 2.24) is 15.4 Å². The molecule has 0 saturated heterocycles. The van der Waals surface area contributed by atoms with Crippen molar-refractivity contribution in [3.8, 4) is 0 Å². The Balaban J connectivity index is 1.70. The summed E-state index contributed by atoms with van der Waals surface area (Å²) in [4.78, 5) is 20.2. The maximum absolute atomic E-state index is 13.7. The third-order valence-electron chi connectivity index (χ3n) is 4.14. The van der Waals surface area contributed by atoms with Gasteiger partial charge in [0.25, 0.3) is 5.91 Å². The summed E-state index contributed by atoms with van der Waals surface area (Å²) >= 11 is 0. The van der Waals surface area contributed by atoms with Crippen LogP contribution in [0.4, 0.5) is 27.4 Å². The molecular formula is C20H21FN6O. The number of benzene rings is 2. The Morgan fingerprint density at radius 3 is 2.39 bits per heavy atom. The molecule has 0 aliphatic carbocycles. The number of carbonyl (C=O) groups is 1. The van der Waals surface area contributed by atoms with Crippen molar-refractivity contribution in [2.75, 3.05) is 16.5 Å². The van der Waals surface area contributed by atoms with Crippen molar-refractivity contribution in [3.63, 3.8) is 0 Å². The van der Waals surface area contributed by atoms with Crippen molar-refractivity contribution < 1.29 is 9.18 Å². The number of anilines is 4. The second-order valence-electron chi connectivity index (χ2n) is 6.45. The molecule has 7 nitrogen and oxygen atoms in total. The van der Waals surface area contributed by atoms with Crippen LogP contribution in [-0.2, 0) is 0 Å². The van der Waals surface area contributed by atoms with E-state index in [1.807, 2.05) is 24.3 Å². The minimum Gasteiger partial charge on any atom is -0.393 e. The highest BCUT2D eigenvalue weighted by Gasteiger charge is 2.13. The minimum atomic E-state index is -0.644. The first kappa shape index (κ1) is 19.1. The Kier molecular flexibility index (Phi) is 5.69. The summed E-state index contributed by atoms with van der Waals surface area (Å²) in [6, 6.07) is 13.6. The maximum Gasteiger partial charge on any atom is 0.272 e. The number of hydrogen-bond donors (Lipinski definition) is 4. The highest BCUT2D eigenvalue weighted by Crippen LogP contribution is 2.26. The molecule has 1 heterocycles. The van der Waals surface area contributed by atoms with Gasteiger partial charge in [-0.05, 0) is 35.7 Å². The number of nitrogen functional groups attached to an aromatic ring is 1. The Morgan fingerprint density at radius 1 is 1.04 bits per heavy atom. The molecule has 8 heteroatoms. The molecule has 1 aromatic heterocycles. The molecular weight excluding hydrogens is 359 g/mol. The van der Waals surface area contributed by atoms with Crippen LogP contribution in [-0.4, -0.2) is 15.9 Å². The molecule has 0 spiro atoms. The number of carbonyl (C=O) groups excluding carboxylic acids is 1. The number of nitrogens with two attached hydrogens (primary N) is 1. The third kappa shape index (κ3) is 4.35. The second-order valence-corrected chi connectivity index (χ2v) is 6.45. The van der Waals surface area contributed by atoms with Gasteiger partial charge in [0.05, 0.1) is 5.56 Å². The number of hydrazine groups is 1. The smallest absolute Gasteiger partial charge is 0.272 e. The predicted octanol–water partition coefficient (Wildman–Crippen LogP) is 3.82. The average Bonchev–Trinajstić information content (AvgIpc) is 2.69. The van der Waals surface area contributed by atoms with Gasteiger partial charge in [-0.2, -0.15) is 0 Å². The summed E-state index contributed by atoms with van der Waals surface area (Å²) in [5.41, 5.74) is 13.2. The van der Waals surface area contributed by atoms with Crippen LogP contribution in [0, 0.1) is 5.82 Å². The lowest BCUT2D eigenvalue weighted by atomic mass is 10.0. The SMILES string of the molecule is CC(C)c1ccc(Nc2ncnc(NNC(=O)c3ccccc3F)c2N)cc1. The molecule has 1 amide bonds. The van der Waals surface area contributed by atoms with E-state index in [1.165, 1.54) is 30.1 Å². The van der Waals surface area contributed by atoms with Crippen molar-refractivity contribution in [2.24, 2.45) is 0 Å².